The SMILES string of the molecule is CC(C)(C)CC(C)(C)c1ccc(OCC(=O)N/N=C\c2cccc3ccccc23)cc1. The fourth-order valence-corrected chi connectivity index (χ4v) is 4.15. The topological polar surface area (TPSA) is 50.7 Å². The molecule has 0 aliphatic heterocycles. The molecule has 162 valence electrons. The lowest BCUT2D eigenvalue weighted by atomic mass is 9.72. The first-order valence-electron chi connectivity index (χ1n) is 10.7. The number of hydrogen-bond acceptors (Lipinski definition) is 3. The molecule has 0 saturated heterocycles. The highest BCUT2D eigenvalue weighted by Crippen LogP contribution is 2.36. The van der Waals surface area contributed by atoms with Crippen molar-refractivity contribution in [1.29, 1.82) is 0 Å². The number of rotatable bonds is 7. The van der Waals surface area contributed by atoms with E-state index in [0.29, 0.717) is 5.75 Å². The maximum atomic E-state index is 12.1. The van der Waals surface area contributed by atoms with Gasteiger partial charge in [-0.15, -0.1) is 0 Å². The Morgan fingerprint density at radius 1 is 0.935 bits per heavy atom. The molecule has 1 amide bonds. The van der Waals surface area contributed by atoms with Crippen LogP contribution in [0.1, 0.15) is 52.2 Å². The molecule has 0 radical (unpaired) electrons. The summed E-state index contributed by atoms with van der Waals surface area (Å²) in [5.41, 5.74) is 5.07. The molecule has 3 aromatic rings. The Kier molecular flexibility index (Phi) is 6.79. The minimum atomic E-state index is -0.298. The van der Waals surface area contributed by atoms with E-state index in [2.05, 4.69) is 69.4 Å². The number of nitrogens with one attached hydrogen (secondary N) is 1. The van der Waals surface area contributed by atoms with E-state index in [1.165, 1.54) is 5.56 Å². The Labute approximate surface area is 185 Å². The van der Waals surface area contributed by atoms with Crippen LogP contribution in [0.5, 0.6) is 5.75 Å². The number of nitrogens with zero attached hydrogens (tertiary/aromatic N) is 1. The third-order valence-electron chi connectivity index (χ3n) is 5.19. The van der Waals surface area contributed by atoms with Crippen LogP contribution in [-0.4, -0.2) is 18.7 Å². The lowest BCUT2D eigenvalue weighted by Gasteiger charge is -2.33. The highest BCUT2D eigenvalue weighted by atomic mass is 16.5. The van der Waals surface area contributed by atoms with E-state index in [4.69, 9.17) is 4.74 Å². The van der Waals surface area contributed by atoms with Crippen LogP contribution in [0.25, 0.3) is 10.8 Å². The Balaban J connectivity index is 1.53. The standard InChI is InChI=1S/C27H32N2O2/c1-26(2,3)19-27(4,5)22-13-15-23(16-14-22)31-18-25(30)29-28-17-21-11-8-10-20-9-6-7-12-24(20)21/h6-17H,18-19H2,1-5H3,(H,29,30)/b28-17-. The number of hydrogen-bond donors (Lipinski definition) is 1. The van der Waals surface area contributed by atoms with E-state index < -0.39 is 0 Å². The maximum Gasteiger partial charge on any atom is 0.277 e. The maximum absolute atomic E-state index is 12.1. The summed E-state index contributed by atoms with van der Waals surface area (Å²) in [6.45, 7) is 11.2. The molecule has 4 heteroatoms. The van der Waals surface area contributed by atoms with Crippen molar-refractivity contribution in [2.45, 2.75) is 46.5 Å². The van der Waals surface area contributed by atoms with Crippen molar-refractivity contribution >= 4 is 22.9 Å². The minimum Gasteiger partial charge on any atom is -0.484 e. The molecule has 4 nitrogen and oxygen atoms in total. The summed E-state index contributed by atoms with van der Waals surface area (Å²) in [5.74, 6) is 0.372. The largest absolute Gasteiger partial charge is 0.484 e. The summed E-state index contributed by atoms with van der Waals surface area (Å²) < 4.78 is 5.62. The molecule has 0 spiro atoms. The van der Waals surface area contributed by atoms with Crippen LogP contribution < -0.4 is 10.2 Å². The zero-order chi connectivity index (χ0) is 22.5. The Morgan fingerprint density at radius 2 is 1.61 bits per heavy atom. The minimum absolute atomic E-state index is 0.0739. The van der Waals surface area contributed by atoms with Crippen LogP contribution >= 0.6 is 0 Å². The molecular weight excluding hydrogens is 384 g/mol. The molecule has 3 rings (SSSR count). The van der Waals surface area contributed by atoms with Crippen molar-refractivity contribution < 1.29 is 9.53 Å². The summed E-state index contributed by atoms with van der Waals surface area (Å²) in [5, 5.41) is 6.31. The van der Waals surface area contributed by atoms with E-state index in [-0.39, 0.29) is 23.3 Å². The molecule has 0 fully saturated rings. The van der Waals surface area contributed by atoms with Gasteiger partial charge in [0.2, 0.25) is 0 Å². The second-order valence-corrected chi connectivity index (χ2v) is 9.80. The molecule has 31 heavy (non-hydrogen) atoms. The normalized spacial score (nSPS) is 12.3. The first-order valence-corrected chi connectivity index (χ1v) is 10.7. The average Bonchev–Trinajstić information content (AvgIpc) is 2.71. The van der Waals surface area contributed by atoms with Crippen LogP contribution in [0.4, 0.5) is 0 Å². The Morgan fingerprint density at radius 3 is 2.32 bits per heavy atom. The van der Waals surface area contributed by atoms with Crippen molar-refractivity contribution in [3.8, 4) is 5.75 Å². The number of carbonyl (C=O) groups excluding carboxylic acids is 1. The van der Waals surface area contributed by atoms with Gasteiger partial charge in [-0.25, -0.2) is 5.43 Å². The average molecular weight is 417 g/mol. The second kappa shape index (κ2) is 9.34. The number of carbonyl (C=O) groups is 1. The summed E-state index contributed by atoms with van der Waals surface area (Å²) in [6, 6.07) is 22.1. The first-order chi connectivity index (χ1) is 14.6. The first kappa shape index (κ1) is 22.5. The number of hydrazone groups is 1. The smallest absolute Gasteiger partial charge is 0.277 e. The molecule has 0 aromatic heterocycles. The van der Waals surface area contributed by atoms with Crippen molar-refractivity contribution in [2.75, 3.05) is 6.61 Å². The molecule has 0 unspecified atom stereocenters. The van der Waals surface area contributed by atoms with Gasteiger partial charge in [0.25, 0.3) is 5.91 Å². The van der Waals surface area contributed by atoms with Crippen molar-refractivity contribution in [3.05, 3.63) is 77.9 Å². The summed E-state index contributed by atoms with van der Waals surface area (Å²) in [6.07, 6.45) is 2.74. The zero-order valence-electron chi connectivity index (χ0n) is 19.1. The van der Waals surface area contributed by atoms with Gasteiger partial charge in [-0.1, -0.05) is 89.2 Å². The van der Waals surface area contributed by atoms with Gasteiger partial charge in [0.15, 0.2) is 6.61 Å². The van der Waals surface area contributed by atoms with Gasteiger partial charge in [0.05, 0.1) is 6.21 Å². The molecular formula is C27H32N2O2. The van der Waals surface area contributed by atoms with Crippen LogP contribution in [-0.2, 0) is 10.2 Å². The number of fused-ring (bicyclic) bond motifs is 1. The van der Waals surface area contributed by atoms with Gasteiger partial charge < -0.3 is 4.74 Å². The van der Waals surface area contributed by atoms with Gasteiger partial charge in [0.1, 0.15) is 5.75 Å². The number of ether oxygens (including phenoxy) is 1. The van der Waals surface area contributed by atoms with Crippen molar-refractivity contribution in [1.82, 2.24) is 5.43 Å². The summed E-state index contributed by atoms with van der Waals surface area (Å²) in [7, 11) is 0. The van der Waals surface area contributed by atoms with E-state index >= 15 is 0 Å². The van der Waals surface area contributed by atoms with Crippen molar-refractivity contribution in [2.24, 2.45) is 10.5 Å². The highest BCUT2D eigenvalue weighted by molar-refractivity contribution is 5.99. The molecule has 0 aliphatic rings. The van der Waals surface area contributed by atoms with E-state index in [1.54, 1.807) is 6.21 Å². The molecule has 0 bridgehead atoms. The molecule has 0 atom stereocenters. The van der Waals surface area contributed by atoms with Crippen molar-refractivity contribution in [3.63, 3.8) is 0 Å². The second-order valence-electron chi connectivity index (χ2n) is 9.80. The molecule has 0 saturated carbocycles. The Hall–Kier alpha value is -3.14. The quantitative estimate of drug-likeness (QED) is 0.375. The van der Waals surface area contributed by atoms with Gasteiger partial charge in [-0.05, 0) is 45.7 Å². The Bertz CT molecular complexity index is 1060. The molecule has 0 aliphatic carbocycles. The van der Waals surface area contributed by atoms with Crippen LogP contribution in [0, 0.1) is 5.41 Å². The third kappa shape index (κ3) is 6.42. The summed E-state index contributed by atoms with van der Waals surface area (Å²) in [4.78, 5) is 12.1. The lowest BCUT2D eigenvalue weighted by Crippen LogP contribution is -2.25. The molecule has 0 heterocycles. The fourth-order valence-electron chi connectivity index (χ4n) is 4.15. The van der Waals surface area contributed by atoms with Gasteiger partial charge in [-0.2, -0.15) is 5.10 Å². The van der Waals surface area contributed by atoms with E-state index in [9.17, 15) is 4.79 Å². The lowest BCUT2D eigenvalue weighted by molar-refractivity contribution is -0.123. The van der Waals surface area contributed by atoms with Gasteiger partial charge in [0, 0.05) is 5.56 Å². The number of amides is 1. The van der Waals surface area contributed by atoms with E-state index in [1.807, 2.05) is 42.5 Å². The van der Waals surface area contributed by atoms with Crippen LogP contribution in [0.15, 0.2) is 71.8 Å². The van der Waals surface area contributed by atoms with Gasteiger partial charge >= 0.3 is 0 Å². The summed E-state index contributed by atoms with van der Waals surface area (Å²) >= 11 is 0. The highest BCUT2D eigenvalue weighted by Gasteiger charge is 2.27. The van der Waals surface area contributed by atoms with Crippen LogP contribution in [0.3, 0.4) is 0 Å². The third-order valence-corrected chi connectivity index (χ3v) is 5.19. The van der Waals surface area contributed by atoms with Gasteiger partial charge in [-0.3, -0.25) is 4.79 Å². The van der Waals surface area contributed by atoms with Crippen LogP contribution in [0.2, 0.25) is 0 Å². The monoisotopic (exact) mass is 416 g/mol. The predicted octanol–water partition coefficient (Wildman–Crippen LogP) is 6.08. The molecule has 3 aromatic carbocycles. The predicted molar refractivity (Wildman–Crippen MR) is 129 cm³/mol. The molecule has 1 N–H and O–H groups in total. The van der Waals surface area contributed by atoms with E-state index in [0.717, 1.165) is 22.8 Å². The zero-order valence-corrected chi connectivity index (χ0v) is 19.1. The fraction of sp³-hybridized carbons (Fsp3) is 0.333. The number of benzene rings is 3.